The van der Waals surface area contributed by atoms with Crippen molar-refractivity contribution < 1.29 is 9.50 Å². The standard InChI is InChI=1S/C17H17FN4O/c18-14-3-1-12(2-4-14)17(23)13-5-7-22(8-6-13)16-11-20-15(9-19)10-21-16/h1-4,10-11,13,17,23H,5-8H2/t17-/m1/s1. The Balaban J connectivity index is 1.61. The topological polar surface area (TPSA) is 73.0 Å². The first kappa shape index (κ1) is 15.4. The Labute approximate surface area is 134 Å². The maximum Gasteiger partial charge on any atom is 0.158 e. The lowest BCUT2D eigenvalue weighted by Gasteiger charge is -2.34. The first-order valence-electron chi connectivity index (χ1n) is 7.58. The van der Waals surface area contributed by atoms with Crippen LogP contribution in [0.1, 0.15) is 30.2 Å². The highest BCUT2D eigenvalue weighted by atomic mass is 19.1. The van der Waals surface area contributed by atoms with Gasteiger partial charge in [-0.1, -0.05) is 12.1 Å². The Morgan fingerprint density at radius 3 is 2.43 bits per heavy atom. The quantitative estimate of drug-likeness (QED) is 0.942. The molecule has 0 radical (unpaired) electrons. The lowest BCUT2D eigenvalue weighted by Crippen LogP contribution is -2.36. The second-order valence-corrected chi connectivity index (χ2v) is 5.69. The summed E-state index contributed by atoms with van der Waals surface area (Å²) >= 11 is 0. The lowest BCUT2D eigenvalue weighted by molar-refractivity contribution is 0.0928. The van der Waals surface area contributed by atoms with E-state index in [9.17, 15) is 9.50 Å². The van der Waals surface area contributed by atoms with Crippen LogP contribution in [0.2, 0.25) is 0 Å². The normalized spacial score (nSPS) is 16.8. The second kappa shape index (κ2) is 6.71. The number of halogens is 1. The van der Waals surface area contributed by atoms with Crippen molar-refractivity contribution in [3.8, 4) is 6.07 Å². The van der Waals surface area contributed by atoms with E-state index in [0.717, 1.165) is 37.3 Å². The van der Waals surface area contributed by atoms with Crippen molar-refractivity contribution in [2.75, 3.05) is 18.0 Å². The number of piperidine rings is 1. The number of nitrogens with zero attached hydrogens (tertiary/aromatic N) is 4. The van der Waals surface area contributed by atoms with Crippen molar-refractivity contribution in [3.05, 3.63) is 53.7 Å². The van der Waals surface area contributed by atoms with Gasteiger partial charge in [0.1, 0.15) is 17.7 Å². The van der Waals surface area contributed by atoms with Crippen LogP contribution in [-0.4, -0.2) is 28.2 Å². The van der Waals surface area contributed by atoms with E-state index in [0.29, 0.717) is 5.69 Å². The average Bonchev–Trinajstić information content (AvgIpc) is 2.62. The van der Waals surface area contributed by atoms with E-state index in [1.54, 1.807) is 18.3 Å². The van der Waals surface area contributed by atoms with Crippen LogP contribution in [0.4, 0.5) is 10.2 Å². The first-order chi connectivity index (χ1) is 11.2. The number of aliphatic hydroxyl groups excluding tert-OH is 1. The summed E-state index contributed by atoms with van der Waals surface area (Å²) in [6.45, 7) is 1.53. The van der Waals surface area contributed by atoms with Gasteiger partial charge in [0.15, 0.2) is 5.69 Å². The van der Waals surface area contributed by atoms with E-state index in [1.807, 2.05) is 6.07 Å². The van der Waals surface area contributed by atoms with Gasteiger partial charge in [0.2, 0.25) is 0 Å². The van der Waals surface area contributed by atoms with Crippen molar-refractivity contribution in [1.82, 2.24) is 9.97 Å². The molecular weight excluding hydrogens is 295 g/mol. The molecular formula is C17H17FN4O. The molecule has 0 spiro atoms. The van der Waals surface area contributed by atoms with Gasteiger partial charge >= 0.3 is 0 Å². The third-order valence-electron chi connectivity index (χ3n) is 4.27. The van der Waals surface area contributed by atoms with Crippen molar-refractivity contribution in [3.63, 3.8) is 0 Å². The molecule has 0 saturated carbocycles. The Bertz CT molecular complexity index is 688. The number of anilines is 1. The number of aromatic nitrogens is 2. The van der Waals surface area contributed by atoms with Crippen LogP contribution in [-0.2, 0) is 0 Å². The van der Waals surface area contributed by atoms with Crippen LogP contribution in [0.25, 0.3) is 0 Å². The summed E-state index contributed by atoms with van der Waals surface area (Å²) in [6, 6.07) is 7.97. The third-order valence-corrected chi connectivity index (χ3v) is 4.27. The summed E-state index contributed by atoms with van der Waals surface area (Å²) in [6.07, 6.45) is 4.13. The first-order valence-corrected chi connectivity index (χ1v) is 7.58. The molecule has 2 aromatic rings. The van der Waals surface area contributed by atoms with E-state index >= 15 is 0 Å². The Hall–Kier alpha value is -2.52. The van der Waals surface area contributed by atoms with E-state index in [4.69, 9.17) is 5.26 Å². The molecule has 23 heavy (non-hydrogen) atoms. The molecule has 5 nitrogen and oxygen atoms in total. The van der Waals surface area contributed by atoms with Gasteiger partial charge in [-0.3, -0.25) is 0 Å². The highest BCUT2D eigenvalue weighted by molar-refractivity contribution is 5.37. The molecule has 2 heterocycles. The molecule has 1 fully saturated rings. The monoisotopic (exact) mass is 312 g/mol. The minimum absolute atomic E-state index is 0.142. The maximum absolute atomic E-state index is 13.0. The molecule has 1 aliphatic heterocycles. The minimum atomic E-state index is -0.579. The van der Waals surface area contributed by atoms with Gasteiger partial charge in [0, 0.05) is 13.1 Å². The highest BCUT2D eigenvalue weighted by Crippen LogP contribution is 2.31. The van der Waals surface area contributed by atoms with Crippen LogP contribution in [0.15, 0.2) is 36.7 Å². The van der Waals surface area contributed by atoms with Gasteiger partial charge in [0.25, 0.3) is 0 Å². The Kier molecular flexibility index (Phi) is 4.49. The summed E-state index contributed by atoms with van der Waals surface area (Å²) in [7, 11) is 0. The number of hydrogen-bond acceptors (Lipinski definition) is 5. The lowest BCUT2D eigenvalue weighted by atomic mass is 9.87. The zero-order valence-corrected chi connectivity index (χ0v) is 12.6. The van der Waals surface area contributed by atoms with Crippen molar-refractivity contribution in [1.29, 1.82) is 5.26 Å². The predicted molar refractivity (Wildman–Crippen MR) is 83.0 cm³/mol. The summed E-state index contributed by atoms with van der Waals surface area (Å²) in [4.78, 5) is 10.4. The maximum atomic E-state index is 13.0. The van der Waals surface area contributed by atoms with Gasteiger partial charge in [-0.15, -0.1) is 0 Å². The molecule has 118 valence electrons. The Morgan fingerprint density at radius 1 is 1.17 bits per heavy atom. The van der Waals surface area contributed by atoms with Gasteiger partial charge in [0.05, 0.1) is 18.5 Å². The van der Waals surface area contributed by atoms with Crippen molar-refractivity contribution >= 4 is 5.82 Å². The van der Waals surface area contributed by atoms with Crippen molar-refractivity contribution in [2.24, 2.45) is 5.92 Å². The van der Waals surface area contributed by atoms with Gasteiger partial charge < -0.3 is 10.0 Å². The third kappa shape index (κ3) is 3.46. The predicted octanol–water partition coefficient (Wildman–Crippen LogP) is 2.44. The molecule has 0 unspecified atom stereocenters. The fourth-order valence-corrected chi connectivity index (χ4v) is 2.92. The summed E-state index contributed by atoms with van der Waals surface area (Å²) in [5.74, 6) is 0.594. The summed E-state index contributed by atoms with van der Waals surface area (Å²) in [5, 5.41) is 19.2. The largest absolute Gasteiger partial charge is 0.388 e. The van der Waals surface area contributed by atoms with Gasteiger partial charge in [-0.05, 0) is 36.5 Å². The summed E-state index contributed by atoms with van der Waals surface area (Å²) < 4.78 is 13.0. The summed E-state index contributed by atoms with van der Waals surface area (Å²) in [5.41, 5.74) is 1.05. The highest BCUT2D eigenvalue weighted by Gasteiger charge is 2.26. The van der Waals surface area contributed by atoms with E-state index in [2.05, 4.69) is 14.9 Å². The smallest absolute Gasteiger partial charge is 0.158 e. The SMILES string of the molecule is N#Cc1cnc(N2CCC([C@H](O)c3ccc(F)cc3)CC2)cn1. The molecule has 1 N–H and O–H groups in total. The van der Waals surface area contributed by atoms with Gasteiger partial charge in [-0.2, -0.15) is 5.26 Å². The molecule has 1 atom stereocenters. The minimum Gasteiger partial charge on any atom is -0.388 e. The number of aliphatic hydroxyl groups is 1. The van der Waals surface area contributed by atoms with Crippen LogP contribution in [0.5, 0.6) is 0 Å². The fraction of sp³-hybridized carbons (Fsp3) is 0.353. The number of benzene rings is 1. The van der Waals surface area contributed by atoms with Crippen molar-refractivity contribution in [2.45, 2.75) is 18.9 Å². The fourth-order valence-electron chi connectivity index (χ4n) is 2.92. The van der Waals surface area contributed by atoms with Crippen LogP contribution >= 0.6 is 0 Å². The Morgan fingerprint density at radius 2 is 1.87 bits per heavy atom. The van der Waals surface area contributed by atoms with E-state index in [-0.39, 0.29) is 11.7 Å². The zero-order chi connectivity index (χ0) is 16.2. The molecule has 0 aliphatic carbocycles. The molecule has 3 rings (SSSR count). The van der Waals surface area contributed by atoms with Crippen LogP contribution in [0.3, 0.4) is 0 Å². The molecule has 1 saturated heterocycles. The van der Waals surface area contributed by atoms with Gasteiger partial charge in [-0.25, -0.2) is 14.4 Å². The average molecular weight is 312 g/mol. The van der Waals surface area contributed by atoms with Crippen LogP contribution in [0, 0.1) is 23.1 Å². The van der Waals surface area contributed by atoms with E-state index in [1.165, 1.54) is 18.3 Å². The molecule has 1 aromatic heterocycles. The molecule has 0 amide bonds. The number of hydrogen-bond donors (Lipinski definition) is 1. The molecule has 6 heteroatoms. The second-order valence-electron chi connectivity index (χ2n) is 5.69. The molecule has 0 bridgehead atoms. The molecule has 1 aromatic carbocycles. The van der Waals surface area contributed by atoms with Crippen LogP contribution < -0.4 is 4.90 Å². The molecule has 1 aliphatic rings. The zero-order valence-electron chi connectivity index (χ0n) is 12.6. The number of nitriles is 1. The van der Waals surface area contributed by atoms with E-state index < -0.39 is 6.10 Å². The number of rotatable bonds is 3.